The van der Waals surface area contributed by atoms with E-state index >= 15 is 0 Å². The molecule has 14 heteroatoms. The van der Waals surface area contributed by atoms with Crippen LogP contribution in [0.25, 0.3) is 77.9 Å². The Labute approximate surface area is 301 Å². The molecule has 0 unspecified atom stereocenters. The van der Waals surface area contributed by atoms with Crippen LogP contribution in [0.3, 0.4) is 0 Å². The molecule has 0 aliphatic carbocycles. The minimum absolute atomic E-state index is 0. The van der Waals surface area contributed by atoms with E-state index in [4.69, 9.17) is 18.8 Å². The van der Waals surface area contributed by atoms with Crippen molar-refractivity contribution in [3.8, 4) is 34.3 Å². The van der Waals surface area contributed by atoms with E-state index in [0.717, 1.165) is 66.4 Å². The first-order valence-corrected chi connectivity index (χ1v) is 14.3. The summed E-state index contributed by atoms with van der Waals surface area (Å²) in [6, 6.07) is 12.1. The number of hydrogen-bond acceptors (Lipinski definition) is 6. The summed E-state index contributed by atoms with van der Waals surface area (Å²) >= 11 is 0. The summed E-state index contributed by atoms with van der Waals surface area (Å²) < 4.78 is 18.9. The number of fused-ring (bicyclic) bond motifs is 6. The van der Waals surface area contributed by atoms with Gasteiger partial charge in [0, 0.05) is 49.9 Å². The molecule has 0 N–H and O–H groups in total. The van der Waals surface area contributed by atoms with Crippen molar-refractivity contribution in [3.05, 3.63) is 111 Å². The summed E-state index contributed by atoms with van der Waals surface area (Å²) in [4.78, 5) is 26.3. The van der Waals surface area contributed by atoms with Crippen LogP contribution in [0.4, 0.5) is 0 Å². The Hall–Kier alpha value is -5.18. The maximum Gasteiger partial charge on any atom is 2.00 e. The molecule has 0 spiro atoms. The molecule has 0 atom stereocenters. The zero-order chi connectivity index (χ0) is 30.8. The van der Waals surface area contributed by atoms with Crippen molar-refractivity contribution in [1.29, 1.82) is 0 Å². The van der Waals surface area contributed by atoms with Crippen molar-refractivity contribution in [2.24, 2.45) is 14.1 Å². The maximum atomic E-state index is 5.73. The zero-order valence-electron chi connectivity index (χ0n) is 25.2. The fourth-order valence-electron chi connectivity index (χ4n) is 5.80. The van der Waals surface area contributed by atoms with Crippen molar-refractivity contribution in [2.45, 2.75) is 0 Å². The summed E-state index contributed by atoms with van der Waals surface area (Å²) in [6.07, 6.45) is 23.8. The fourth-order valence-corrected chi connectivity index (χ4v) is 5.80. The van der Waals surface area contributed by atoms with E-state index < -0.39 is 0 Å². The number of benzene rings is 2. The number of furan rings is 2. The molecule has 0 aliphatic heterocycles. The molecule has 0 radical (unpaired) electrons. The molecule has 0 saturated carbocycles. The van der Waals surface area contributed by atoms with E-state index in [9.17, 15) is 0 Å². The van der Waals surface area contributed by atoms with E-state index in [1.54, 1.807) is 37.6 Å². The molecular weight excluding hydrogens is 971 g/mol. The molecule has 240 valence electrons. The zero-order valence-corrected chi connectivity index (χ0v) is 29.7. The van der Waals surface area contributed by atoms with Gasteiger partial charge in [-0.25, -0.2) is 9.97 Å². The van der Waals surface area contributed by atoms with Gasteiger partial charge in [-0.3, -0.25) is 0 Å². The van der Waals surface area contributed by atoms with Crippen molar-refractivity contribution in [3.63, 3.8) is 0 Å². The molecule has 0 saturated heterocycles. The first kappa shape index (κ1) is 31.4. The van der Waals surface area contributed by atoms with Gasteiger partial charge < -0.3 is 47.0 Å². The number of para-hydroxylation sites is 2. The third-order valence-electron chi connectivity index (χ3n) is 7.89. The predicted molar refractivity (Wildman–Crippen MR) is 170 cm³/mol. The van der Waals surface area contributed by atoms with Crippen molar-refractivity contribution >= 4 is 43.6 Å². The molecule has 48 heavy (non-hydrogen) atoms. The van der Waals surface area contributed by atoms with Crippen molar-refractivity contribution in [2.75, 3.05) is 0 Å². The largest absolute Gasteiger partial charge is 2.00 e. The molecule has 2 aromatic carbocycles. The number of aryl methyl sites for hydroxylation is 2. The van der Waals surface area contributed by atoms with E-state index in [-0.39, 0.29) is 42.1 Å². The van der Waals surface area contributed by atoms with Crippen molar-refractivity contribution in [1.82, 2.24) is 48.2 Å². The molecule has 10 rings (SSSR count). The number of aromatic nitrogens is 10. The second-order valence-electron chi connectivity index (χ2n) is 10.9. The minimum atomic E-state index is 0. The molecule has 10 aromatic rings. The Balaban J connectivity index is 0.000000146. The van der Waals surface area contributed by atoms with Gasteiger partial charge in [0.2, 0.25) is 0 Å². The average Bonchev–Trinajstić information content (AvgIpc) is 3.88. The van der Waals surface area contributed by atoms with Crippen LogP contribution in [-0.4, -0.2) is 38.2 Å². The van der Waals surface area contributed by atoms with Gasteiger partial charge in [0.05, 0.1) is 25.2 Å². The van der Waals surface area contributed by atoms with Crippen LogP contribution in [0.5, 0.6) is 0 Å². The summed E-state index contributed by atoms with van der Waals surface area (Å²) in [6.45, 7) is 0. The van der Waals surface area contributed by atoms with E-state index in [0.29, 0.717) is 11.5 Å². The van der Waals surface area contributed by atoms with Gasteiger partial charge in [-0.05, 0) is 22.1 Å². The molecule has 0 amide bonds. The topological polar surface area (TPSA) is 126 Å². The maximum absolute atomic E-state index is 5.73. The molecule has 8 aromatic heterocycles. The van der Waals surface area contributed by atoms with Crippen LogP contribution in [-0.2, 0) is 56.2 Å². The molecule has 12 nitrogen and oxygen atoms in total. The number of hydrogen-bond donors (Lipinski definition) is 0. The normalized spacial score (nSPS) is 11.2. The van der Waals surface area contributed by atoms with Gasteiger partial charge in [-0.2, -0.15) is 0 Å². The van der Waals surface area contributed by atoms with Crippen LogP contribution in [0.2, 0.25) is 0 Å². The number of rotatable bonds is 4. The van der Waals surface area contributed by atoms with Gasteiger partial charge >= 0.3 is 42.1 Å². The van der Waals surface area contributed by atoms with Crippen LogP contribution in [0, 0.1) is 12.7 Å². The summed E-state index contributed by atoms with van der Waals surface area (Å²) in [5, 5.41) is 4.07. The summed E-state index contributed by atoms with van der Waals surface area (Å²) in [5.41, 5.74) is 6.91. The first-order valence-electron chi connectivity index (χ1n) is 14.3. The number of imidazole rings is 4. The quantitative estimate of drug-likeness (QED) is 0.201. The standard InChI is InChI=1S/2C17H11N5O.2Pt/c2*1-21-7-13(19-10-21)17-16-12(8-23-17)11-3-2-4-14(15(11)20-16)22-6-5-18-9-22;;/h2*2-8,10H,1H3;;/q2*-2;2*+2. The third-order valence-corrected chi connectivity index (χ3v) is 7.89. The second kappa shape index (κ2) is 12.4. The molecule has 8 heterocycles. The minimum Gasteiger partial charge on any atom is -0.660 e. The Morgan fingerprint density at radius 2 is 1.06 bits per heavy atom. The Kier molecular flexibility index (Phi) is 8.15. The molecule has 0 aliphatic rings. The smallest absolute Gasteiger partial charge is 0.660 e. The van der Waals surface area contributed by atoms with E-state index in [2.05, 4.69) is 32.6 Å². The van der Waals surface area contributed by atoms with Crippen molar-refractivity contribution < 1.29 is 51.0 Å². The second-order valence-corrected chi connectivity index (χ2v) is 10.9. The SMILES string of the molecule is Cn1cnc(-c2occ3c2[n-]c2c(-n4[c-]ncc4)cccc23)c1.Cn1cnc(-c2occ3c2[n-]c2c(-n4[c-]ncc4)cccc23)c1.[Pt+2].[Pt+2]. The van der Waals surface area contributed by atoms with Crippen LogP contribution >= 0.6 is 0 Å². The van der Waals surface area contributed by atoms with Gasteiger partial charge in [-0.1, -0.05) is 72.2 Å². The molecular formula is C34H22N10O2Pt2. The van der Waals surface area contributed by atoms with Gasteiger partial charge in [0.1, 0.15) is 22.9 Å². The first-order chi connectivity index (χ1) is 22.6. The average molecular weight is 993 g/mol. The fraction of sp³-hybridized carbons (Fsp3) is 0.0588. The van der Waals surface area contributed by atoms with Crippen LogP contribution in [0.15, 0.2) is 108 Å². The van der Waals surface area contributed by atoms with Gasteiger partial charge in [0.15, 0.2) is 0 Å². The Morgan fingerprint density at radius 3 is 1.44 bits per heavy atom. The monoisotopic (exact) mass is 992 g/mol. The van der Waals surface area contributed by atoms with Gasteiger partial charge in [0.25, 0.3) is 0 Å². The van der Waals surface area contributed by atoms with Crippen LogP contribution < -0.4 is 9.97 Å². The molecule has 0 fully saturated rings. The van der Waals surface area contributed by atoms with Gasteiger partial charge in [-0.15, -0.1) is 11.0 Å². The summed E-state index contributed by atoms with van der Waals surface area (Å²) in [5.74, 6) is 1.38. The third kappa shape index (κ3) is 5.08. The summed E-state index contributed by atoms with van der Waals surface area (Å²) in [7, 11) is 3.86. The van der Waals surface area contributed by atoms with E-state index in [1.807, 2.05) is 93.5 Å². The predicted octanol–water partition coefficient (Wildman–Crippen LogP) is 5.85. The number of nitrogens with zero attached hydrogens (tertiary/aromatic N) is 10. The van der Waals surface area contributed by atoms with E-state index in [1.165, 1.54) is 0 Å². The molecule has 0 bridgehead atoms. The van der Waals surface area contributed by atoms with Crippen LogP contribution in [0.1, 0.15) is 0 Å². The Bertz CT molecular complexity index is 2450. The Morgan fingerprint density at radius 1 is 0.604 bits per heavy atom.